The molecule has 2 heterocycles. The van der Waals surface area contributed by atoms with Gasteiger partial charge in [-0.15, -0.1) is 0 Å². The van der Waals surface area contributed by atoms with E-state index in [1.54, 1.807) is 0 Å². The predicted octanol–water partition coefficient (Wildman–Crippen LogP) is 3.41. The molecule has 0 aromatic carbocycles. The Morgan fingerprint density at radius 3 is 2.52 bits per heavy atom. The lowest BCUT2D eigenvalue weighted by Crippen LogP contribution is -2.40. The standard InChI is InChI=1S/C16H31O6P/c1-3-5-7-8-10-12(9-6-4-2)15-14(17)16-13(21-15)11-20-23(18,19)22-16/h12-17H,3-11H2,1-2H3,(H,18,19). The first-order valence-electron chi connectivity index (χ1n) is 8.97. The van der Waals surface area contributed by atoms with Crippen LogP contribution in [0.15, 0.2) is 0 Å². The molecule has 0 bridgehead atoms. The monoisotopic (exact) mass is 350 g/mol. The Kier molecular flexibility index (Phi) is 7.52. The maximum atomic E-state index is 11.6. The van der Waals surface area contributed by atoms with Crippen molar-refractivity contribution in [3.63, 3.8) is 0 Å². The van der Waals surface area contributed by atoms with Crippen LogP contribution in [0.4, 0.5) is 0 Å². The Labute approximate surface area is 139 Å². The average molecular weight is 350 g/mol. The van der Waals surface area contributed by atoms with E-state index in [0.717, 1.165) is 32.1 Å². The summed E-state index contributed by atoms with van der Waals surface area (Å²) in [5.41, 5.74) is 0. The molecule has 7 heteroatoms. The molecule has 0 spiro atoms. The van der Waals surface area contributed by atoms with E-state index in [-0.39, 0.29) is 18.6 Å². The first kappa shape index (κ1) is 19.4. The fraction of sp³-hybridized carbons (Fsp3) is 1.00. The van der Waals surface area contributed by atoms with Crippen LogP contribution in [0.2, 0.25) is 0 Å². The van der Waals surface area contributed by atoms with E-state index in [1.807, 2.05) is 0 Å². The molecule has 6 atom stereocenters. The van der Waals surface area contributed by atoms with Gasteiger partial charge in [0.15, 0.2) is 0 Å². The van der Waals surface area contributed by atoms with Crippen LogP contribution in [0, 0.1) is 5.92 Å². The quantitative estimate of drug-likeness (QED) is 0.490. The molecule has 136 valence electrons. The van der Waals surface area contributed by atoms with Gasteiger partial charge in [-0.05, 0) is 18.8 Å². The van der Waals surface area contributed by atoms with Crippen molar-refractivity contribution in [2.24, 2.45) is 5.92 Å². The normalized spacial score (nSPS) is 38.4. The second-order valence-corrected chi connectivity index (χ2v) is 8.12. The van der Waals surface area contributed by atoms with Crippen molar-refractivity contribution in [3.8, 4) is 0 Å². The number of rotatable bonds is 9. The molecule has 0 radical (unpaired) electrons. The minimum Gasteiger partial charge on any atom is -0.388 e. The molecule has 2 aliphatic rings. The summed E-state index contributed by atoms with van der Waals surface area (Å²) in [6, 6.07) is 0. The molecule has 0 saturated carbocycles. The van der Waals surface area contributed by atoms with Gasteiger partial charge < -0.3 is 14.7 Å². The summed E-state index contributed by atoms with van der Waals surface area (Å²) in [5.74, 6) is 0.258. The number of unbranched alkanes of at least 4 members (excludes halogenated alkanes) is 4. The summed E-state index contributed by atoms with van der Waals surface area (Å²) in [7, 11) is -4.04. The Bertz CT molecular complexity index is 404. The number of fused-ring (bicyclic) bond motifs is 1. The predicted molar refractivity (Wildman–Crippen MR) is 87.1 cm³/mol. The summed E-state index contributed by atoms with van der Waals surface area (Å²) in [6.07, 6.45) is 6.54. The van der Waals surface area contributed by atoms with Crippen molar-refractivity contribution in [1.29, 1.82) is 0 Å². The van der Waals surface area contributed by atoms with Crippen molar-refractivity contribution in [1.82, 2.24) is 0 Å². The average Bonchev–Trinajstić information content (AvgIpc) is 2.82. The van der Waals surface area contributed by atoms with E-state index in [9.17, 15) is 14.6 Å². The van der Waals surface area contributed by atoms with Crippen LogP contribution in [0.1, 0.15) is 65.2 Å². The van der Waals surface area contributed by atoms with Crippen molar-refractivity contribution in [2.45, 2.75) is 89.6 Å². The summed E-state index contributed by atoms with van der Waals surface area (Å²) in [4.78, 5) is 9.45. The Hall–Kier alpha value is 0.0300. The molecular formula is C16H31O6P. The van der Waals surface area contributed by atoms with E-state index in [0.29, 0.717) is 0 Å². The zero-order valence-electron chi connectivity index (χ0n) is 14.2. The van der Waals surface area contributed by atoms with Gasteiger partial charge in [0, 0.05) is 0 Å². The number of phosphoric ester groups is 1. The summed E-state index contributed by atoms with van der Waals surface area (Å²) < 4.78 is 27.4. The number of phosphoric acid groups is 1. The van der Waals surface area contributed by atoms with Gasteiger partial charge in [-0.1, -0.05) is 52.4 Å². The molecule has 2 aliphatic heterocycles. The third kappa shape index (κ3) is 5.25. The van der Waals surface area contributed by atoms with E-state index in [4.69, 9.17) is 13.8 Å². The third-order valence-electron chi connectivity index (χ3n) is 4.85. The molecule has 2 saturated heterocycles. The summed E-state index contributed by atoms with van der Waals surface area (Å²) in [5, 5.41) is 10.6. The van der Waals surface area contributed by atoms with Crippen LogP contribution in [-0.2, 0) is 18.3 Å². The van der Waals surface area contributed by atoms with Gasteiger partial charge in [0.1, 0.15) is 18.3 Å². The molecular weight excluding hydrogens is 319 g/mol. The second-order valence-electron chi connectivity index (χ2n) is 6.72. The molecule has 2 fully saturated rings. The Balaban J connectivity index is 1.96. The first-order valence-corrected chi connectivity index (χ1v) is 10.5. The van der Waals surface area contributed by atoms with Crippen LogP contribution in [-0.4, -0.2) is 41.0 Å². The number of aliphatic hydroxyl groups excluding tert-OH is 1. The summed E-state index contributed by atoms with van der Waals surface area (Å²) >= 11 is 0. The van der Waals surface area contributed by atoms with E-state index in [2.05, 4.69) is 13.8 Å². The van der Waals surface area contributed by atoms with Gasteiger partial charge in [0.2, 0.25) is 0 Å². The maximum absolute atomic E-state index is 11.6. The van der Waals surface area contributed by atoms with Gasteiger partial charge >= 0.3 is 7.82 Å². The maximum Gasteiger partial charge on any atom is 0.472 e. The zero-order chi connectivity index (χ0) is 16.9. The topological polar surface area (TPSA) is 85.2 Å². The van der Waals surface area contributed by atoms with Gasteiger partial charge in [0.05, 0.1) is 12.7 Å². The van der Waals surface area contributed by atoms with Crippen LogP contribution in [0.25, 0.3) is 0 Å². The van der Waals surface area contributed by atoms with E-state index in [1.165, 1.54) is 19.3 Å². The van der Waals surface area contributed by atoms with Crippen LogP contribution >= 0.6 is 7.82 Å². The third-order valence-corrected chi connectivity index (χ3v) is 5.84. The van der Waals surface area contributed by atoms with Crippen molar-refractivity contribution < 1.29 is 28.3 Å². The minimum absolute atomic E-state index is 0.00232. The van der Waals surface area contributed by atoms with Crippen LogP contribution < -0.4 is 0 Å². The first-order chi connectivity index (χ1) is 11.0. The Morgan fingerprint density at radius 1 is 1.13 bits per heavy atom. The highest BCUT2D eigenvalue weighted by atomic mass is 31.2. The van der Waals surface area contributed by atoms with Crippen molar-refractivity contribution in [2.75, 3.05) is 6.61 Å². The highest BCUT2D eigenvalue weighted by Gasteiger charge is 2.53. The van der Waals surface area contributed by atoms with Gasteiger partial charge in [-0.3, -0.25) is 9.05 Å². The minimum atomic E-state index is -4.04. The van der Waals surface area contributed by atoms with Crippen molar-refractivity contribution >= 4 is 7.82 Å². The lowest BCUT2D eigenvalue weighted by Gasteiger charge is -2.28. The number of aliphatic hydroxyl groups is 1. The molecule has 0 aliphatic carbocycles. The molecule has 6 nitrogen and oxygen atoms in total. The van der Waals surface area contributed by atoms with Gasteiger partial charge in [-0.25, -0.2) is 4.57 Å². The van der Waals surface area contributed by atoms with Crippen LogP contribution in [0.3, 0.4) is 0 Å². The highest BCUT2D eigenvalue weighted by molar-refractivity contribution is 7.47. The van der Waals surface area contributed by atoms with E-state index >= 15 is 0 Å². The summed E-state index contributed by atoms with van der Waals surface area (Å²) in [6.45, 7) is 4.34. The van der Waals surface area contributed by atoms with E-state index < -0.39 is 26.1 Å². The molecule has 0 aromatic rings. The number of ether oxygens (including phenoxy) is 1. The smallest absolute Gasteiger partial charge is 0.388 e. The molecule has 0 aromatic heterocycles. The highest BCUT2D eigenvalue weighted by Crippen LogP contribution is 2.52. The largest absolute Gasteiger partial charge is 0.472 e. The molecule has 0 amide bonds. The molecule has 6 unspecified atom stereocenters. The van der Waals surface area contributed by atoms with Gasteiger partial charge in [0.25, 0.3) is 0 Å². The van der Waals surface area contributed by atoms with Crippen molar-refractivity contribution in [3.05, 3.63) is 0 Å². The SMILES string of the molecule is CCCCCCC(CCCC)C1OC2COP(=O)(O)OC2C1O. The lowest BCUT2D eigenvalue weighted by molar-refractivity contribution is -0.0639. The lowest BCUT2D eigenvalue weighted by atomic mass is 9.87. The fourth-order valence-corrected chi connectivity index (χ4v) is 4.51. The molecule has 2 N–H and O–H groups in total. The van der Waals surface area contributed by atoms with Gasteiger partial charge in [-0.2, -0.15) is 0 Å². The number of hydrogen-bond acceptors (Lipinski definition) is 5. The molecule has 23 heavy (non-hydrogen) atoms. The number of hydrogen-bond donors (Lipinski definition) is 2. The zero-order valence-corrected chi connectivity index (χ0v) is 15.1. The van der Waals surface area contributed by atoms with Crippen LogP contribution in [0.5, 0.6) is 0 Å². The molecule has 2 rings (SSSR count). The fourth-order valence-electron chi connectivity index (χ4n) is 3.55. The Morgan fingerprint density at radius 2 is 1.83 bits per heavy atom. The second kappa shape index (κ2) is 8.93.